The van der Waals surface area contributed by atoms with E-state index in [1.54, 1.807) is 17.7 Å². The van der Waals surface area contributed by atoms with Gasteiger partial charge in [-0.15, -0.1) is 0 Å². The predicted molar refractivity (Wildman–Crippen MR) is 113 cm³/mol. The SMILES string of the molecule is COCCn1c(SCC(=O)N[C@H]2CCC[C@@H](C)[C@H]2C)nc2ccccc2c1=O. The monoisotopic (exact) mass is 403 g/mol. The van der Waals surface area contributed by atoms with Gasteiger partial charge < -0.3 is 10.1 Å². The number of carbonyl (C=O) groups is 1. The Morgan fingerprint density at radius 1 is 1.32 bits per heavy atom. The fourth-order valence-corrected chi connectivity index (χ4v) is 4.64. The molecule has 1 saturated carbocycles. The number of carbonyl (C=O) groups excluding carboxylic acids is 1. The van der Waals surface area contributed by atoms with E-state index in [1.807, 2.05) is 18.2 Å². The number of nitrogens with zero attached hydrogens (tertiary/aromatic N) is 2. The van der Waals surface area contributed by atoms with Crippen LogP contribution in [-0.2, 0) is 16.1 Å². The minimum atomic E-state index is -0.0970. The van der Waals surface area contributed by atoms with E-state index in [2.05, 4.69) is 24.1 Å². The van der Waals surface area contributed by atoms with Crippen molar-refractivity contribution in [2.75, 3.05) is 19.5 Å². The number of aromatic nitrogens is 2. The van der Waals surface area contributed by atoms with E-state index in [4.69, 9.17) is 4.74 Å². The third-order valence-electron chi connectivity index (χ3n) is 5.73. The number of fused-ring (bicyclic) bond motifs is 1. The highest BCUT2D eigenvalue weighted by Crippen LogP contribution is 2.29. The molecule has 3 atom stereocenters. The molecule has 0 aliphatic heterocycles. The Kier molecular flexibility index (Phi) is 7.13. The van der Waals surface area contributed by atoms with E-state index >= 15 is 0 Å². The smallest absolute Gasteiger partial charge is 0.262 e. The summed E-state index contributed by atoms with van der Waals surface area (Å²) in [6.07, 6.45) is 3.43. The summed E-state index contributed by atoms with van der Waals surface area (Å²) < 4.78 is 6.75. The maximum Gasteiger partial charge on any atom is 0.262 e. The summed E-state index contributed by atoms with van der Waals surface area (Å²) in [6, 6.07) is 7.53. The standard InChI is InChI=1S/C21H29N3O3S/c1-14-7-6-10-17(15(14)2)22-19(25)13-28-21-23-18-9-5-4-8-16(18)20(26)24(21)11-12-27-3/h4-5,8-9,14-15,17H,6-7,10-13H2,1-3H3,(H,22,25)/t14-,15-,17+/m1/s1. The van der Waals surface area contributed by atoms with Crippen LogP contribution >= 0.6 is 11.8 Å². The van der Waals surface area contributed by atoms with Crippen LogP contribution in [0.1, 0.15) is 33.1 Å². The first-order valence-electron chi connectivity index (χ1n) is 9.92. The number of hydrogen-bond donors (Lipinski definition) is 1. The van der Waals surface area contributed by atoms with Crippen molar-refractivity contribution >= 4 is 28.6 Å². The van der Waals surface area contributed by atoms with Crippen molar-refractivity contribution in [3.05, 3.63) is 34.6 Å². The van der Waals surface area contributed by atoms with Crippen LogP contribution in [0.4, 0.5) is 0 Å². The summed E-state index contributed by atoms with van der Waals surface area (Å²) in [6.45, 7) is 5.30. The van der Waals surface area contributed by atoms with Gasteiger partial charge in [0.1, 0.15) is 0 Å². The quantitative estimate of drug-likeness (QED) is 0.568. The van der Waals surface area contributed by atoms with Crippen LogP contribution in [0.2, 0.25) is 0 Å². The second-order valence-electron chi connectivity index (χ2n) is 7.59. The van der Waals surface area contributed by atoms with E-state index in [1.165, 1.54) is 18.2 Å². The van der Waals surface area contributed by atoms with E-state index < -0.39 is 0 Å². The lowest BCUT2D eigenvalue weighted by molar-refractivity contribution is -0.120. The molecule has 7 heteroatoms. The number of amides is 1. The second kappa shape index (κ2) is 9.56. The Labute approximate surface area is 170 Å². The number of methoxy groups -OCH3 is 1. The molecule has 0 radical (unpaired) electrons. The zero-order valence-corrected chi connectivity index (χ0v) is 17.6. The van der Waals surface area contributed by atoms with Gasteiger partial charge in [0.2, 0.25) is 5.91 Å². The van der Waals surface area contributed by atoms with Crippen molar-refractivity contribution < 1.29 is 9.53 Å². The number of hydrogen-bond acceptors (Lipinski definition) is 5. The highest BCUT2D eigenvalue weighted by atomic mass is 32.2. The molecule has 0 spiro atoms. The van der Waals surface area contributed by atoms with Gasteiger partial charge in [-0.2, -0.15) is 0 Å². The highest BCUT2D eigenvalue weighted by molar-refractivity contribution is 7.99. The molecule has 1 fully saturated rings. The van der Waals surface area contributed by atoms with Crippen molar-refractivity contribution in [1.82, 2.24) is 14.9 Å². The average Bonchev–Trinajstić information content (AvgIpc) is 2.69. The summed E-state index contributed by atoms with van der Waals surface area (Å²) in [5.74, 6) is 1.36. The Morgan fingerprint density at radius 3 is 2.89 bits per heavy atom. The number of ether oxygens (including phenoxy) is 1. The minimum absolute atomic E-state index is 0.00310. The molecule has 28 heavy (non-hydrogen) atoms. The normalized spacial score (nSPS) is 22.3. The molecule has 6 nitrogen and oxygen atoms in total. The molecule has 0 unspecified atom stereocenters. The van der Waals surface area contributed by atoms with Gasteiger partial charge >= 0.3 is 0 Å². The molecule has 1 aromatic heterocycles. The molecule has 1 N–H and O–H groups in total. The van der Waals surface area contributed by atoms with Crippen LogP contribution in [0.5, 0.6) is 0 Å². The molecule has 1 aliphatic rings. The number of rotatable bonds is 7. The second-order valence-corrected chi connectivity index (χ2v) is 8.53. The van der Waals surface area contributed by atoms with Crippen molar-refractivity contribution in [2.45, 2.75) is 50.9 Å². The number of thioether (sulfide) groups is 1. The van der Waals surface area contributed by atoms with Gasteiger partial charge in [0, 0.05) is 13.2 Å². The molecule has 2 aromatic rings. The van der Waals surface area contributed by atoms with Gasteiger partial charge in [-0.25, -0.2) is 4.98 Å². The van der Waals surface area contributed by atoms with Crippen molar-refractivity contribution in [1.29, 1.82) is 0 Å². The maximum atomic E-state index is 12.8. The van der Waals surface area contributed by atoms with Crippen LogP contribution in [0.25, 0.3) is 10.9 Å². The van der Waals surface area contributed by atoms with E-state index in [9.17, 15) is 9.59 Å². The number of nitrogens with one attached hydrogen (secondary N) is 1. The summed E-state index contributed by atoms with van der Waals surface area (Å²) >= 11 is 1.31. The first-order valence-corrected chi connectivity index (χ1v) is 10.9. The summed E-state index contributed by atoms with van der Waals surface area (Å²) in [4.78, 5) is 30.0. The van der Waals surface area contributed by atoms with Gasteiger partial charge in [-0.3, -0.25) is 14.2 Å². The molecule has 1 aromatic carbocycles. The Morgan fingerprint density at radius 2 is 2.11 bits per heavy atom. The summed E-state index contributed by atoms with van der Waals surface area (Å²) in [5.41, 5.74) is 0.555. The molecule has 3 rings (SSSR count). The first-order chi connectivity index (χ1) is 13.5. The predicted octanol–water partition coefficient (Wildman–Crippen LogP) is 3.08. The summed E-state index contributed by atoms with van der Waals surface area (Å²) in [7, 11) is 1.60. The van der Waals surface area contributed by atoms with Gasteiger partial charge in [0.05, 0.1) is 29.8 Å². The molecule has 0 saturated heterocycles. The highest BCUT2D eigenvalue weighted by Gasteiger charge is 2.28. The van der Waals surface area contributed by atoms with Crippen molar-refractivity contribution in [3.8, 4) is 0 Å². The molecule has 0 bridgehead atoms. The van der Waals surface area contributed by atoms with Gasteiger partial charge in [-0.05, 0) is 30.4 Å². The van der Waals surface area contributed by atoms with Gasteiger partial charge in [0.15, 0.2) is 5.16 Å². The van der Waals surface area contributed by atoms with Crippen LogP contribution in [0.3, 0.4) is 0 Å². The lowest BCUT2D eigenvalue weighted by Gasteiger charge is -2.34. The van der Waals surface area contributed by atoms with E-state index in [0.717, 1.165) is 12.8 Å². The Bertz CT molecular complexity index is 883. The van der Waals surface area contributed by atoms with Crippen LogP contribution < -0.4 is 10.9 Å². The average molecular weight is 404 g/mol. The fraction of sp³-hybridized carbons (Fsp3) is 0.571. The van der Waals surface area contributed by atoms with Crippen LogP contribution in [0.15, 0.2) is 34.2 Å². The molecule has 1 amide bonds. The fourth-order valence-electron chi connectivity index (χ4n) is 3.80. The number of para-hydroxylation sites is 1. The largest absolute Gasteiger partial charge is 0.383 e. The van der Waals surface area contributed by atoms with Gasteiger partial charge in [0.25, 0.3) is 5.56 Å². The lowest BCUT2D eigenvalue weighted by atomic mass is 9.78. The van der Waals surface area contributed by atoms with Gasteiger partial charge in [-0.1, -0.05) is 50.6 Å². The molecular formula is C21H29N3O3S. The van der Waals surface area contributed by atoms with Crippen molar-refractivity contribution in [2.24, 2.45) is 11.8 Å². The Balaban J connectivity index is 1.73. The lowest BCUT2D eigenvalue weighted by Crippen LogP contribution is -2.44. The maximum absolute atomic E-state index is 12.8. The zero-order valence-electron chi connectivity index (χ0n) is 16.8. The van der Waals surface area contributed by atoms with Crippen molar-refractivity contribution in [3.63, 3.8) is 0 Å². The minimum Gasteiger partial charge on any atom is -0.383 e. The number of benzene rings is 1. The third-order valence-corrected chi connectivity index (χ3v) is 6.71. The van der Waals surface area contributed by atoms with Crippen LogP contribution in [0, 0.1) is 11.8 Å². The summed E-state index contributed by atoms with van der Waals surface area (Å²) in [5, 5.41) is 4.32. The zero-order chi connectivity index (χ0) is 20.1. The topological polar surface area (TPSA) is 73.2 Å². The molecule has 1 aliphatic carbocycles. The van der Waals surface area contributed by atoms with E-state index in [0.29, 0.717) is 41.0 Å². The van der Waals surface area contributed by atoms with E-state index in [-0.39, 0.29) is 23.3 Å². The molecular weight excluding hydrogens is 374 g/mol. The Hall–Kier alpha value is -1.86. The molecule has 1 heterocycles. The first kappa shape index (κ1) is 20.9. The molecule has 152 valence electrons. The third kappa shape index (κ3) is 4.75. The van der Waals surface area contributed by atoms with Crippen LogP contribution in [-0.4, -0.2) is 41.0 Å².